The maximum absolute atomic E-state index is 13.4. The van der Waals surface area contributed by atoms with E-state index in [0.717, 1.165) is 5.56 Å². The van der Waals surface area contributed by atoms with E-state index < -0.39 is 41.6 Å². The molecule has 11 heteroatoms. The second-order valence-electron chi connectivity index (χ2n) is 9.68. The summed E-state index contributed by atoms with van der Waals surface area (Å²) in [5.74, 6) is 0.116. The van der Waals surface area contributed by atoms with E-state index in [1.165, 1.54) is 18.2 Å². The number of likely N-dealkylation sites (tertiary alicyclic amines) is 1. The molecule has 4 aliphatic rings. The predicted molar refractivity (Wildman–Crippen MR) is 135 cm³/mol. The topological polar surface area (TPSA) is 127 Å². The second kappa shape index (κ2) is 10.1. The van der Waals surface area contributed by atoms with Crippen molar-refractivity contribution < 1.29 is 47.6 Å². The van der Waals surface area contributed by atoms with E-state index in [1.54, 1.807) is 17.0 Å². The van der Waals surface area contributed by atoms with Gasteiger partial charge in [0.15, 0.2) is 29.0 Å². The normalized spacial score (nSPS) is 27.3. The van der Waals surface area contributed by atoms with Crippen molar-refractivity contribution in [2.24, 2.45) is 0 Å². The number of benzene rings is 1. The molecule has 1 spiro atoms. The zero-order chi connectivity index (χ0) is 27.8. The van der Waals surface area contributed by atoms with Crippen LogP contribution in [0.15, 0.2) is 50.1 Å². The number of carbonyl (C=O) groups is 4. The molecule has 0 N–H and O–H groups in total. The first-order valence-corrected chi connectivity index (χ1v) is 12.6. The van der Waals surface area contributed by atoms with Gasteiger partial charge in [-0.25, -0.2) is 14.4 Å². The minimum Gasteiger partial charge on any atom is -0.477 e. The zero-order valence-electron chi connectivity index (χ0n) is 21.3. The van der Waals surface area contributed by atoms with Crippen LogP contribution in [-0.4, -0.2) is 73.2 Å². The van der Waals surface area contributed by atoms with Crippen molar-refractivity contribution in [3.8, 4) is 11.5 Å². The number of amides is 1. The van der Waals surface area contributed by atoms with Crippen molar-refractivity contribution in [2.75, 3.05) is 26.4 Å². The van der Waals surface area contributed by atoms with Gasteiger partial charge in [-0.05, 0) is 30.9 Å². The standard InChI is InChI=1S/C28H29NO10/c1-4-13-34-24(31)29-12-11-27-21-17-7-8-19(37-25(32)35-14-5-2)22(21)38-23(27)18(30)9-10-28(27,20(29)16-17)39-26(33)36-15-6-3/h4-8,20,23H,1-3,9-16H2/t20-,23+,27?,28-/m1/s1. The van der Waals surface area contributed by atoms with Gasteiger partial charge >= 0.3 is 18.4 Å². The molecule has 1 amide bonds. The maximum Gasteiger partial charge on any atom is 0.514 e. The maximum atomic E-state index is 13.4. The van der Waals surface area contributed by atoms with E-state index in [0.29, 0.717) is 5.56 Å². The molecule has 4 atom stereocenters. The Hall–Kier alpha value is -4.28. The molecule has 1 aromatic rings. The Bertz CT molecular complexity index is 1260. The van der Waals surface area contributed by atoms with Gasteiger partial charge in [-0.1, -0.05) is 44.0 Å². The lowest BCUT2D eigenvalue weighted by atomic mass is 9.49. The van der Waals surface area contributed by atoms with Gasteiger partial charge in [-0.15, -0.1) is 0 Å². The van der Waals surface area contributed by atoms with Crippen molar-refractivity contribution in [1.29, 1.82) is 0 Å². The minimum absolute atomic E-state index is 0.00996. The van der Waals surface area contributed by atoms with Crippen LogP contribution < -0.4 is 9.47 Å². The number of nitrogens with zero attached hydrogens (tertiary/aromatic N) is 1. The highest BCUT2D eigenvalue weighted by molar-refractivity contribution is 5.91. The monoisotopic (exact) mass is 539 g/mol. The molecule has 1 saturated carbocycles. The number of Topliss-reactive ketones (excluding diaryl/α,β-unsaturated/α-hetero) is 1. The molecule has 11 nitrogen and oxygen atoms in total. The van der Waals surface area contributed by atoms with Crippen LogP contribution in [0.1, 0.15) is 30.4 Å². The summed E-state index contributed by atoms with van der Waals surface area (Å²) in [7, 11) is 0. The fourth-order valence-corrected chi connectivity index (χ4v) is 6.56. The molecule has 0 aromatic heterocycles. The zero-order valence-corrected chi connectivity index (χ0v) is 21.3. The van der Waals surface area contributed by atoms with E-state index in [2.05, 4.69) is 19.7 Å². The summed E-state index contributed by atoms with van der Waals surface area (Å²) in [6, 6.07) is 2.64. The van der Waals surface area contributed by atoms with Crippen molar-refractivity contribution in [3.05, 3.63) is 61.2 Å². The van der Waals surface area contributed by atoms with Crippen LogP contribution in [0.5, 0.6) is 11.5 Å². The third kappa shape index (κ3) is 3.95. The Labute approximate surface area is 224 Å². The summed E-state index contributed by atoms with van der Waals surface area (Å²) in [5.41, 5.74) is -1.13. The Morgan fingerprint density at radius 3 is 2.41 bits per heavy atom. The van der Waals surface area contributed by atoms with Crippen molar-refractivity contribution >= 4 is 24.2 Å². The lowest BCUT2D eigenvalue weighted by Gasteiger charge is -2.62. The summed E-state index contributed by atoms with van der Waals surface area (Å²) in [6.45, 7) is 10.8. The van der Waals surface area contributed by atoms with E-state index in [4.69, 9.17) is 28.4 Å². The fraction of sp³-hybridized carbons (Fsp3) is 0.429. The quantitative estimate of drug-likeness (QED) is 0.208. The SMILES string of the molecule is C=CCOC(=O)Oc1ccc2c3c1O[C@H]1C(=O)CC[C@@]4(OC(=O)OCC=C)[C@@H](C2)N(C(=O)OCC=C)CCC314. The van der Waals surface area contributed by atoms with Crippen LogP contribution in [0, 0.1) is 0 Å². The average Bonchev–Trinajstić information content (AvgIpc) is 3.28. The van der Waals surface area contributed by atoms with E-state index in [-0.39, 0.29) is 69.3 Å². The molecular formula is C28H29NO10. The number of hydrogen-bond acceptors (Lipinski definition) is 10. The first kappa shape index (κ1) is 26.3. The lowest BCUT2D eigenvalue weighted by Crippen LogP contribution is -2.78. The first-order chi connectivity index (χ1) is 18.8. The highest BCUT2D eigenvalue weighted by atomic mass is 16.7. The summed E-state index contributed by atoms with van der Waals surface area (Å²) < 4.78 is 33.4. The van der Waals surface area contributed by atoms with Crippen molar-refractivity contribution in [1.82, 2.24) is 4.90 Å². The molecule has 2 aliphatic carbocycles. The van der Waals surface area contributed by atoms with Gasteiger partial charge in [0.1, 0.15) is 19.8 Å². The average molecular weight is 540 g/mol. The molecule has 2 fully saturated rings. The molecule has 2 heterocycles. The highest BCUT2D eigenvalue weighted by Crippen LogP contribution is 2.66. The Morgan fingerprint density at radius 1 is 1.00 bits per heavy atom. The third-order valence-corrected chi connectivity index (χ3v) is 7.86. The number of carbonyl (C=O) groups excluding carboxylic acids is 4. The van der Waals surface area contributed by atoms with Crippen LogP contribution in [0.25, 0.3) is 0 Å². The molecular weight excluding hydrogens is 510 g/mol. The van der Waals surface area contributed by atoms with E-state index in [1.807, 2.05) is 0 Å². The molecule has 1 unspecified atom stereocenters. The van der Waals surface area contributed by atoms with Crippen LogP contribution in [0.2, 0.25) is 0 Å². The van der Waals surface area contributed by atoms with Gasteiger partial charge in [0.05, 0.1) is 11.5 Å². The van der Waals surface area contributed by atoms with E-state index >= 15 is 0 Å². The summed E-state index contributed by atoms with van der Waals surface area (Å²) in [4.78, 5) is 53.3. The molecule has 1 saturated heterocycles. The molecule has 2 bridgehead atoms. The lowest BCUT2D eigenvalue weighted by molar-refractivity contribution is -0.191. The fourth-order valence-electron chi connectivity index (χ4n) is 6.56. The third-order valence-electron chi connectivity index (χ3n) is 7.86. The number of rotatable bonds is 8. The smallest absolute Gasteiger partial charge is 0.477 e. The van der Waals surface area contributed by atoms with E-state index in [9.17, 15) is 19.2 Å². The number of ether oxygens (including phenoxy) is 6. The number of hydrogen-bond donors (Lipinski definition) is 0. The summed E-state index contributed by atoms with van der Waals surface area (Å²) in [6.07, 6.45) is 1.41. The van der Waals surface area contributed by atoms with Crippen LogP contribution >= 0.6 is 0 Å². The Balaban J connectivity index is 1.65. The van der Waals surface area contributed by atoms with Crippen molar-refractivity contribution in [2.45, 2.75) is 48.8 Å². The van der Waals surface area contributed by atoms with Crippen LogP contribution in [-0.2, 0) is 35.6 Å². The molecule has 206 valence electrons. The molecule has 1 aromatic carbocycles. The van der Waals surface area contributed by atoms with Gasteiger partial charge in [-0.3, -0.25) is 4.79 Å². The van der Waals surface area contributed by atoms with Gasteiger partial charge in [0.2, 0.25) is 0 Å². The van der Waals surface area contributed by atoms with Crippen molar-refractivity contribution in [3.63, 3.8) is 0 Å². The second-order valence-corrected chi connectivity index (χ2v) is 9.68. The molecule has 0 radical (unpaired) electrons. The molecule has 5 rings (SSSR count). The minimum atomic E-state index is -1.38. The largest absolute Gasteiger partial charge is 0.514 e. The number of piperidine rings is 1. The molecule has 39 heavy (non-hydrogen) atoms. The Kier molecular flexibility index (Phi) is 6.83. The van der Waals surface area contributed by atoms with Crippen LogP contribution in [0.4, 0.5) is 14.4 Å². The van der Waals surface area contributed by atoms with Gasteiger partial charge < -0.3 is 33.3 Å². The number of ketones is 1. The van der Waals surface area contributed by atoms with Gasteiger partial charge in [0.25, 0.3) is 0 Å². The Morgan fingerprint density at radius 2 is 1.69 bits per heavy atom. The summed E-state index contributed by atoms with van der Waals surface area (Å²) in [5, 5.41) is 0. The van der Waals surface area contributed by atoms with Crippen LogP contribution in [0.3, 0.4) is 0 Å². The van der Waals surface area contributed by atoms with Gasteiger partial charge in [0, 0.05) is 18.5 Å². The first-order valence-electron chi connectivity index (χ1n) is 12.6. The summed E-state index contributed by atoms with van der Waals surface area (Å²) >= 11 is 0. The molecule has 2 aliphatic heterocycles. The van der Waals surface area contributed by atoms with Gasteiger partial charge in [-0.2, -0.15) is 0 Å². The predicted octanol–water partition coefficient (Wildman–Crippen LogP) is 3.78. The highest BCUT2D eigenvalue weighted by Gasteiger charge is 2.76.